The Balaban J connectivity index is 2.05. The van der Waals surface area contributed by atoms with Gasteiger partial charge in [0.1, 0.15) is 18.1 Å². The van der Waals surface area contributed by atoms with Gasteiger partial charge in [-0.05, 0) is 44.6 Å². The summed E-state index contributed by atoms with van der Waals surface area (Å²) in [6.45, 7) is 4.74. The maximum absolute atomic E-state index is 13.2. The summed E-state index contributed by atoms with van der Waals surface area (Å²) in [5.74, 6) is -3.31. The maximum Gasteiger partial charge on any atom is 0.326 e. The molecule has 0 aliphatic carbocycles. The minimum Gasteiger partial charge on any atom is -0.480 e. The smallest absolute Gasteiger partial charge is 0.326 e. The molecule has 31 heavy (non-hydrogen) atoms. The molecule has 0 aromatic heterocycles. The van der Waals surface area contributed by atoms with E-state index >= 15 is 0 Å². The molecule has 0 aromatic rings. The largest absolute Gasteiger partial charge is 0.480 e. The lowest BCUT2D eigenvalue weighted by molar-refractivity contribution is -0.145. The van der Waals surface area contributed by atoms with Crippen LogP contribution in [0.3, 0.4) is 0 Å². The van der Waals surface area contributed by atoms with E-state index in [9.17, 15) is 29.1 Å². The highest BCUT2D eigenvalue weighted by atomic mass is 16.4. The molecule has 2 heterocycles. The Morgan fingerprint density at radius 1 is 1.10 bits per heavy atom. The molecule has 2 fully saturated rings. The number of carbonyl (C=O) groups excluding carboxylic acids is 4. The highest BCUT2D eigenvalue weighted by Gasteiger charge is 2.40. The molecule has 2 saturated heterocycles. The fraction of sp³-hybridized carbons (Fsp3) is 0.750. The Morgan fingerprint density at radius 2 is 1.81 bits per heavy atom. The third-order valence-electron chi connectivity index (χ3n) is 5.74. The van der Waals surface area contributed by atoms with Crippen molar-refractivity contribution in [2.75, 3.05) is 13.1 Å². The first kappa shape index (κ1) is 24.6. The number of nitrogens with zero attached hydrogens (tertiary/aromatic N) is 1. The van der Waals surface area contributed by atoms with Gasteiger partial charge in [-0.15, -0.1) is 0 Å². The number of aliphatic carboxylic acids is 1. The molecule has 6 N–H and O–H groups in total. The molecule has 0 spiro atoms. The first-order valence-electron chi connectivity index (χ1n) is 10.8. The minimum absolute atomic E-state index is 0.129. The predicted octanol–water partition coefficient (Wildman–Crippen LogP) is -1.29. The molecule has 0 radical (unpaired) electrons. The summed E-state index contributed by atoms with van der Waals surface area (Å²) in [6.07, 6.45) is 2.28. The Labute approximate surface area is 181 Å². The van der Waals surface area contributed by atoms with Crippen LogP contribution in [-0.4, -0.2) is 76.9 Å². The Hall–Kier alpha value is -2.69. The second-order valence-corrected chi connectivity index (χ2v) is 8.47. The predicted molar refractivity (Wildman–Crippen MR) is 111 cm³/mol. The molecule has 4 atom stereocenters. The van der Waals surface area contributed by atoms with Crippen molar-refractivity contribution in [3.8, 4) is 0 Å². The average Bonchev–Trinajstić information content (AvgIpc) is 3.39. The summed E-state index contributed by atoms with van der Waals surface area (Å²) in [6, 6.07) is -3.21. The van der Waals surface area contributed by atoms with Crippen molar-refractivity contribution in [2.45, 2.75) is 76.5 Å². The number of primary amides is 1. The number of carboxylic acid groups (broad SMARTS) is 1. The normalized spacial score (nSPS) is 22.7. The fourth-order valence-corrected chi connectivity index (χ4v) is 3.97. The fourth-order valence-electron chi connectivity index (χ4n) is 3.97. The second kappa shape index (κ2) is 11.1. The number of nitrogens with two attached hydrogens (primary N) is 1. The van der Waals surface area contributed by atoms with Gasteiger partial charge < -0.3 is 31.7 Å². The average molecular weight is 440 g/mol. The van der Waals surface area contributed by atoms with E-state index in [1.807, 2.05) is 13.8 Å². The van der Waals surface area contributed by atoms with E-state index in [0.717, 1.165) is 13.0 Å². The molecule has 11 heteroatoms. The van der Waals surface area contributed by atoms with Gasteiger partial charge >= 0.3 is 5.97 Å². The summed E-state index contributed by atoms with van der Waals surface area (Å²) in [5, 5.41) is 17.6. The zero-order valence-corrected chi connectivity index (χ0v) is 18.1. The van der Waals surface area contributed by atoms with Crippen LogP contribution in [0.15, 0.2) is 0 Å². The van der Waals surface area contributed by atoms with Crippen molar-refractivity contribution in [3.63, 3.8) is 0 Å². The maximum atomic E-state index is 13.2. The first-order chi connectivity index (χ1) is 14.6. The van der Waals surface area contributed by atoms with Gasteiger partial charge in [-0.1, -0.05) is 13.8 Å². The van der Waals surface area contributed by atoms with Gasteiger partial charge in [-0.25, -0.2) is 4.79 Å². The van der Waals surface area contributed by atoms with Crippen LogP contribution < -0.4 is 21.7 Å². The quantitative estimate of drug-likeness (QED) is 0.282. The topological polar surface area (TPSA) is 171 Å². The number of carbonyl (C=O) groups is 5. The van der Waals surface area contributed by atoms with Gasteiger partial charge in [0, 0.05) is 13.0 Å². The minimum atomic E-state index is -1.28. The number of amides is 4. The molecular weight excluding hydrogens is 406 g/mol. The van der Waals surface area contributed by atoms with Gasteiger partial charge in [-0.3, -0.25) is 19.2 Å². The number of nitrogens with one attached hydrogen (secondary N) is 3. The molecule has 174 valence electrons. The summed E-state index contributed by atoms with van der Waals surface area (Å²) >= 11 is 0. The SMILES string of the molecule is CC(C)[C@H](NC(=O)[C@@H]1CCCN1)C(=O)N1CCC[C@H]1C(=O)N[C@@H](CCC(N)=O)C(=O)O. The monoisotopic (exact) mass is 439 g/mol. The van der Waals surface area contributed by atoms with Crippen molar-refractivity contribution in [1.29, 1.82) is 0 Å². The number of likely N-dealkylation sites (tertiary alicyclic amines) is 1. The lowest BCUT2D eigenvalue weighted by atomic mass is 10.0. The van der Waals surface area contributed by atoms with E-state index in [0.29, 0.717) is 25.8 Å². The van der Waals surface area contributed by atoms with Gasteiger partial charge in [0.15, 0.2) is 0 Å². The standard InChI is InChI=1S/C20H33N5O6/c1-11(2)16(24-17(27)12-5-3-9-22-12)19(29)25-10-4-6-14(25)18(28)23-13(20(30)31)7-8-15(21)26/h11-14,16,22H,3-10H2,1-2H3,(H2,21,26)(H,23,28)(H,24,27)(H,30,31)/t12-,13-,14-,16-/m0/s1. The van der Waals surface area contributed by atoms with E-state index in [1.165, 1.54) is 4.90 Å². The van der Waals surface area contributed by atoms with Gasteiger partial charge in [-0.2, -0.15) is 0 Å². The summed E-state index contributed by atoms with van der Waals surface area (Å²) < 4.78 is 0. The summed E-state index contributed by atoms with van der Waals surface area (Å²) in [5.41, 5.74) is 5.07. The van der Waals surface area contributed by atoms with Crippen LogP contribution in [0.2, 0.25) is 0 Å². The van der Waals surface area contributed by atoms with Crippen LogP contribution in [0.5, 0.6) is 0 Å². The second-order valence-electron chi connectivity index (χ2n) is 8.47. The number of hydrogen-bond donors (Lipinski definition) is 5. The molecule has 0 saturated carbocycles. The van der Waals surface area contributed by atoms with E-state index in [2.05, 4.69) is 16.0 Å². The van der Waals surface area contributed by atoms with Crippen LogP contribution in [-0.2, 0) is 24.0 Å². The van der Waals surface area contributed by atoms with Crippen LogP contribution >= 0.6 is 0 Å². The summed E-state index contributed by atoms with van der Waals surface area (Å²) in [4.78, 5) is 62.3. The van der Waals surface area contributed by atoms with Crippen LogP contribution in [0.1, 0.15) is 52.4 Å². The molecule has 2 aliphatic rings. The highest BCUT2D eigenvalue weighted by Crippen LogP contribution is 2.21. The van der Waals surface area contributed by atoms with Crippen molar-refractivity contribution in [1.82, 2.24) is 20.9 Å². The van der Waals surface area contributed by atoms with Crippen LogP contribution in [0.25, 0.3) is 0 Å². The molecule has 0 unspecified atom stereocenters. The van der Waals surface area contributed by atoms with E-state index in [-0.39, 0.29) is 36.6 Å². The van der Waals surface area contributed by atoms with Crippen molar-refractivity contribution < 1.29 is 29.1 Å². The van der Waals surface area contributed by atoms with Gasteiger partial charge in [0.25, 0.3) is 0 Å². The van der Waals surface area contributed by atoms with Crippen molar-refractivity contribution in [2.24, 2.45) is 11.7 Å². The van der Waals surface area contributed by atoms with Gasteiger partial charge in [0.2, 0.25) is 23.6 Å². The van der Waals surface area contributed by atoms with Crippen LogP contribution in [0.4, 0.5) is 0 Å². The summed E-state index contributed by atoms with van der Waals surface area (Å²) in [7, 11) is 0. The Morgan fingerprint density at radius 3 is 2.35 bits per heavy atom. The highest BCUT2D eigenvalue weighted by molar-refractivity contribution is 5.94. The number of rotatable bonds is 10. The molecule has 4 amide bonds. The van der Waals surface area contributed by atoms with E-state index < -0.39 is 35.9 Å². The molecule has 2 aliphatic heterocycles. The van der Waals surface area contributed by atoms with E-state index in [1.54, 1.807) is 0 Å². The Bertz CT molecular complexity index is 706. The third-order valence-corrected chi connectivity index (χ3v) is 5.74. The van der Waals surface area contributed by atoms with Crippen molar-refractivity contribution >= 4 is 29.6 Å². The van der Waals surface area contributed by atoms with E-state index in [4.69, 9.17) is 5.73 Å². The molecule has 0 aromatic carbocycles. The number of hydrogen-bond acceptors (Lipinski definition) is 6. The lowest BCUT2D eigenvalue weighted by Gasteiger charge is -2.31. The molecule has 2 rings (SSSR count). The zero-order valence-electron chi connectivity index (χ0n) is 18.1. The molecule has 0 bridgehead atoms. The van der Waals surface area contributed by atoms with Gasteiger partial charge in [0.05, 0.1) is 6.04 Å². The lowest BCUT2D eigenvalue weighted by Crippen LogP contribution is -2.58. The molecule has 11 nitrogen and oxygen atoms in total. The first-order valence-corrected chi connectivity index (χ1v) is 10.8. The van der Waals surface area contributed by atoms with Crippen LogP contribution in [0, 0.1) is 5.92 Å². The van der Waals surface area contributed by atoms with Crippen molar-refractivity contribution in [3.05, 3.63) is 0 Å². The Kier molecular flexibility index (Phi) is 8.78. The number of carboxylic acids is 1. The third kappa shape index (κ3) is 6.65. The molecular formula is C20H33N5O6. The zero-order chi connectivity index (χ0) is 23.1.